The highest BCUT2D eigenvalue weighted by atomic mass is 32.2. The number of aliphatic hydroxyl groups is 1. The van der Waals surface area contributed by atoms with Crippen LogP contribution >= 0.6 is 11.8 Å². The van der Waals surface area contributed by atoms with Gasteiger partial charge in [-0.1, -0.05) is 18.2 Å². The second-order valence-corrected chi connectivity index (χ2v) is 5.36. The summed E-state index contributed by atoms with van der Waals surface area (Å²) in [5.74, 6) is 0.705. The smallest absolute Gasteiger partial charge is 0.142 e. The lowest BCUT2D eigenvalue weighted by Gasteiger charge is -2.13. The van der Waals surface area contributed by atoms with Crippen LogP contribution in [0.25, 0.3) is 0 Å². The summed E-state index contributed by atoms with van der Waals surface area (Å²) in [6.45, 7) is 0.149. The Balaban J connectivity index is 1.78. The highest BCUT2D eigenvalue weighted by Gasteiger charge is 2.08. The van der Waals surface area contributed by atoms with Crippen molar-refractivity contribution < 1.29 is 14.2 Å². The fraction of sp³-hybridized carbons (Fsp3) is 0.200. The number of benzene rings is 2. The lowest BCUT2D eigenvalue weighted by Crippen LogP contribution is -2.20. The number of nitrogen functional groups attached to an aromatic ring is 1. The Morgan fingerprint density at radius 2 is 2.00 bits per heavy atom. The van der Waals surface area contributed by atoms with Crippen molar-refractivity contribution in [3.05, 3.63) is 54.3 Å². The molecule has 0 saturated carbocycles. The summed E-state index contributed by atoms with van der Waals surface area (Å²) in [6.07, 6.45) is -0.650. The van der Waals surface area contributed by atoms with Crippen LogP contribution in [0.2, 0.25) is 0 Å². The van der Waals surface area contributed by atoms with E-state index in [4.69, 9.17) is 10.5 Å². The molecule has 2 aromatic rings. The summed E-state index contributed by atoms with van der Waals surface area (Å²) in [4.78, 5) is 0.781. The highest BCUT2D eigenvalue weighted by molar-refractivity contribution is 7.99. The van der Waals surface area contributed by atoms with E-state index in [1.54, 1.807) is 24.3 Å². The average molecular weight is 293 g/mol. The number of hydrogen-bond acceptors (Lipinski definition) is 4. The van der Waals surface area contributed by atoms with Gasteiger partial charge in [-0.2, -0.15) is 0 Å². The Labute approximate surface area is 121 Å². The van der Waals surface area contributed by atoms with Gasteiger partial charge in [0.1, 0.15) is 18.2 Å². The van der Waals surface area contributed by atoms with Crippen molar-refractivity contribution in [2.24, 2.45) is 0 Å². The molecular weight excluding hydrogens is 277 g/mol. The molecule has 0 fully saturated rings. The van der Waals surface area contributed by atoms with Crippen molar-refractivity contribution in [2.45, 2.75) is 11.0 Å². The molecule has 3 N–H and O–H groups in total. The molecule has 2 rings (SSSR count). The van der Waals surface area contributed by atoms with E-state index in [0.29, 0.717) is 17.2 Å². The number of nitrogens with two attached hydrogens (primary N) is 1. The van der Waals surface area contributed by atoms with Crippen molar-refractivity contribution in [3.63, 3.8) is 0 Å². The summed E-state index contributed by atoms with van der Waals surface area (Å²) >= 11 is 1.38. The molecule has 3 nitrogen and oxygen atoms in total. The number of anilines is 1. The molecule has 1 atom stereocenters. The van der Waals surface area contributed by atoms with E-state index < -0.39 is 6.10 Å². The summed E-state index contributed by atoms with van der Waals surface area (Å²) in [5.41, 5.74) is 6.27. The van der Waals surface area contributed by atoms with Crippen LogP contribution in [0.3, 0.4) is 0 Å². The van der Waals surface area contributed by atoms with Crippen LogP contribution in [-0.4, -0.2) is 23.6 Å². The molecule has 0 radical (unpaired) electrons. The van der Waals surface area contributed by atoms with E-state index >= 15 is 0 Å². The van der Waals surface area contributed by atoms with Crippen LogP contribution < -0.4 is 10.5 Å². The number of aliphatic hydroxyl groups excluding tert-OH is 1. The molecule has 5 heteroatoms. The Bertz CT molecular complexity index is 565. The minimum Gasteiger partial charge on any atom is -0.489 e. The Morgan fingerprint density at radius 3 is 2.75 bits per heavy atom. The zero-order valence-corrected chi connectivity index (χ0v) is 11.6. The van der Waals surface area contributed by atoms with Crippen molar-refractivity contribution in [2.75, 3.05) is 18.1 Å². The van der Waals surface area contributed by atoms with E-state index in [0.717, 1.165) is 4.90 Å². The number of ether oxygens (including phenoxy) is 1. The Hall–Kier alpha value is -1.72. The monoisotopic (exact) mass is 293 g/mol. The normalized spacial score (nSPS) is 12.1. The molecule has 0 aliphatic heterocycles. The van der Waals surface area contributed by atoms with Gasteiger partial charge < -0.3 is 15.6 Å². The first-order chi connectivity index (χ1) is 9.65. The minimum absolute atomic E-state index is 0.149. The molecule has 1 unspecified atom stereocenters. The van der Waals surface area contributed by atoms with Crippen molar-refractivity contribution in [1.82, 2.24) is 0 Å². The lowest BCUT2D eigenvalue weighted by atomic mass is 10.3. The maximum Gasteiger partial charge on any atom is 0.142 e. The van der Waals surface area contributed by atoms with Crippen molar-refractivity contribution in [1.29, 1.82) is 0 Å². The summed E-state index contributed by atoms with van der Waals surface area (Å²) in [7, 11) is 0. The van der Waals surface area contributed by atoms with Crippen molar-refractivity contribution >= 4 is 17.4 Å². The van der Waals surface area contributed by atoms with Crippen LogP contribution in [0.5, 0.6) is 5.75 Å². The molecule has 0 aliphatic carbocycles. The van der Waals surface area contributed by atoms with Crippen LogP contribution in [0.1, 0.15) is 0 Å². The standard InChI is InChI=1S/C15H16FNO2S/c16-11-4-3-5-13(8-11)20-10-12(18)9-19-15-7-2-1-6-14(15)17/h1-8,12,18H,9-10,17H2. The number of halogens is 1. The van der Waals surface area contributed by atoms with E-state index in [9.17, 15) is 9.50 Å². The van der Waals surface area contributed by atoms with Gasteiger partial charge in [0.15, 0.2) is 0 Å². The van der Waals surface area contributed by atoms with Gasteiger partial charge in [-0.05, 0) is 30.3 Å². The fourth-order valence-electron chi connectivity index (χ4n) is 1.60. The van der Waals surface area contributed by atoms with Crippen LogP contribution in [-0.2, 0) is 0 Å². The summed E-state index contributed by atoms with van der Waals surface area (Å²) in [6, 6.07) is 13.4. The third-order valence-corrected chi connectivity index (χ3v) is 3.73. The van der Waals surface area contributed by atoms with E-state index in [-0.39, 0.29) is 12.4 Å². The zero-order chi connectivity index (χ0) is 14.4. The number of rotatable bonds is 6. The lowest BCUT2D eigenvalue weighted by molar-refractivity contribution is 0.127. The molecule has 106 valence electrons. The molecule has 0 spiro atoms. The molecule has 0 bridgehead atoms. The van der Waals surface area contributed by atoms with Gasteiger partial charge in [0.25, 0.3) is 0 Å². The predicted octanol–water partition coefficient (Wildman–Crippen LogP) is 2.94. The minimum atomic E-state index is -0.650. The quantitative estimate of drug-likeness (QED) is 0.635. The van der Waals surface area contributed by atoms with Crippen LogP contribution in [0, 0.1) is 5.82 Å². The van der Waals surface area contributed by atoms with Crippen LogP contribution in [0.4, 0.5) is 10.1 Å². The third-order valence-electron chi connectivity index (χ3n) is 2.59. The van der Waals surface area contributed by atoms with E-state index in [1.165, 1.54) is 23.9 Å². The maximum atomic E-state index is 13.0. The first-order valence-corrected chi connectivity index (χ1v) is 7.17. The molecule has 0 amide bonds. The Morgan fingerprint density at radius 1 is 1.20 bits per heavy atom. The largest absolute Gasteiger partial charge is 0.489 e. The van der Waals surface area contributed by atoms with Gasteiger partial charge in [0.05, 0.1) is 11.8 Å². The molecule has 20 heavy (non-hydrogen) atoms. The second kappa shape index (κ2) is 7.17. The second-order valence-electron chi connectivity index (χ2n) is 4.27. The highest BCUT2D eigenvalue weighted by Crippen LogP contribution is 2.22. The van der Waals surface area contributed by atoms with E-state index in [1.807, 2.05) is 12.1 Å². The predicted molar refractivity (Wildman–Crippen MR) is 79.5 cm³/mol. The fourth-order valence-corrected chi connectivity index (χ4v) is 2.45. The van der Waals surface area contributed by atoms with Crippen LogP contribution in [0.15, 0.2) is 53.4 Å². The van der Waals surface area contributed by atoms with E-state index in [2.05, 4.69) is 0 Å². The van der Waals surface area contributed by atoms with Gasteiger partial charge in [-0.3, -0.25) is 0 Å². The zero-order valence-electron chi connectivity index (χ0n) is 10.8. The van der Waals surface area contributed by atoms with Crippen molar-refractivity contribution in [3.8, 4) is 5.75 Å². The average Bonchev–Trinajstić information content (AvgIpc) is 2.44. The summed E-state index contributed by atoms with van der Waals surface area (Å²) in [5, 5.41) is 9.85. The number of hydrogen-bond donors (Lipinski definition) is 2. The molecule has 0 aliphatic rings. The molecule has 0 saturated heterocycles. The molecular formula is C15H16FNO2S. The number of thioether (sulfide) groups is 1. The van der Waals surface area contributed by atoms with Gasteiger partial charge >= 0.3 is 0 Å². The third kappa shape index (κ3) is 4.43. The molecule has 0 heterocycles. The topological polar surface area (TPSA) is 55.5 Å². The first-order valence-electron chi connectivity index (χ1n) is 6.19. The molecule has 0 aromatic heterocycles. The number of para-hydroxylation sites is 2. The first kappa shape index (κ1) is 14.7. The summed E-state index contributed by atoms with van der Waals surface area (Å²) < 4.78 is 18.4. The molecule has 2 aromatic carbocycles. The van der Waals surface area contributed by atoms with Gasteiger partial charge in [0, 0.05) is 10.6 Å². The van der Waals surface area contributed by atoms with Gasteiger partial charge in [-0.15, -0.1) is 11.8 Å². The van der Waals surface area contributed by atoms with Gasteiger partial charge in [-0.25, -0.2) is 4.39 Å². The Kier molecular flexibility index (Phi) is 5.26. The SMILES string of the molecule is Nc1ccccc1OCC(O)CSc1cccc(F)c1. The maximum absolute atomic E-state index is 13.0. The van der Waals surface area contributed by atoms with Gasteiger partial charge in [0.2, 0.25) is 0 Å².